The topological polar surface area (TPSA) is 62.6 Å². The zero-order valence-corrected chi connectivity index (χ0v) is 17.8. The maximum absolute atomic E-state index is 14.1. The van der Waals surface area contributed by atoms with Crippen LogP contribution in [-0.4, -0.2) is 30.9 Å². The molecule has 0 bridgehead atoms. The summed E-state index contributed by atoms with van der Waals surface area (Å²) >= 11 is 0. The van der Waals surface area contributed by atoms with Crippen LogP contribution in [0.4, 0.5) is 4.39 Å². The van der Waals surface area contributed by atoms with Crippen molar-refractivity contribution in [1.82, 2.24) is 9.55 Å². The minimum absolute atomic E-state index is 0.297. The van der Waals surface area contributed by atoms with Crippen LogP contribution in [0.3, 0.4) is 0 Å². The van der Waals surface area contributed by atoms with E-state index in [2.05, 4.69) is 4.98 Å². The van der Waals surface area contributed by atoms with Crippen LogP contribution in [0.5, 0.6) is 17.2 Å². The highest BCUT2D eigenvalue weighted by Gasteiger charge is 2.15. The number of ether oxygens (including phenoxy) is 3. The fraction of sp³-hybridized carbons (Fsp3) is 0.120. The van der Waals surface area contributed by atoms with Crippen molar-refractivity contribution >= 4 is 23.1 Å². The molecule has 0 saturated carbocycles. The number of aromatic nitrogens is 2. The fourth-order valence-electron chi connectivity index (χ4n) is 3.40. The van der Waals surface area contributed by atoms with Crippen LogP contribution in [0.2, 0.25) is 0 Å². The number of fused-ring (bicyclic) bond motifs is 1. The fourth-order valence-corrected chi connectivity index (χ4v) is 3.40. The minimum atomic E-state index is -0.366. The van der Waals surface area contributed by atoms with Crippen LogP contribution in [0, 0.1) is 5.82 Å². The summed E-state index contributed by atoms with van der Waals surface area (Å²) in [7, 11) is 4.59. The number of benzene rings is 3. The Hall–Kier alpha value is -4.13. The first kappa shape index (κ1) is 21.1. The molecule has 7 heteroatoms. The van der Waals surface area contributed by atoms with Crippen molar-refractivity contribution in [3.63, 3.8) is 0 Å². The van der Waals surface area contributed by atoms with E-state index in [0.29, 0.717) is 45.2 Å². The quantitative estimate of drug-likeness (QED) is 0.441. The average molecular weight is 432 g/mol. The molecule has 0 atom stereocenters. The van der Waals surface area contributed by atoms with Crippen molar-refractivity contribution < 1.29 is 18.6 Å². The summed E-state index contributed by atoms with van der Waals surface area (Å²) in [5.74, 6) is 1.51. The van der Waals surface area contributed by atoms with Crippen LogP contribution >= 0.6 is 0 Å². The highest BCUT2D eigenvalue weighted by atomic mass is 19.1. The van der Waals surface area contributed by atoms with Gasteiger partial charge in [-0.3, -0.25) is 9.36 Å². The van der Waals surface area contributed by atoms with Gasteiger partial charge in [0.05, 0.1) is 37.9 Å². The molecule has 0 aliphatic heterocycles. The maximum Gasteiger partial charge on any atom is 0.266 e. The lowest BCUT2D eigenvalue weighted by molar-refractivity contribution is 0.355. The molecule has 0 N–H and O–H groups in total. The molecule has 1 heterocycles. The van der Waals surface area contributed by atoms with E-state index in [4.69, 9.17) is 14.2 Å². The lowest BCUT2D eigenvalue weighted by Gasteiger charge is -2.14. The normalized spacial score (nSPS) is 11.1. The Morgan fingerprint density at radius 2 is 1.56 bits per heavy atom. The van der Waals surface area contributed by atoms with E-state index in [0.717, 1.165) is 0 Å². The van der Waals surface area contributed by atoms with Gasteiger partial charge in [-0.1, -0.05) is 18.2 Å². The first-order valence-electron chi connectivity index (χ1n) is 9.81. The molecule has 0 radical (unpaired) electrons. The van der Waals surface area contributed by atoms with Gasteiger partial charge in [-0.25, -0.2) is 9.37 Å². The molecule has 6 nitrogen and oxygen atoms in total. The second kappa shape index (κ2) is 8.93. The van der Waals surface area contributed by atoms with Gasteiger partial charge in [-0.15, -0.1) is 0 Å². The highest BCUT2D eigenvalue weighted by molar-refractivity contribution is 5.83. The summed E-state index contributed by atoms with van der Waals surface area (Å²) < 4.78 is 31.5. The summed E-state index contributed by atoms with van der Waals surface area (Å²) in [6, 6.07) is 16.7. The van der Waals surface area contributed by atoms with Crippen molar-refractivity contribution in [3.8, 4) is 22.9 Å². The third kappa shape index (κ3) is 3.92. The summed E-state index contributed by atoms with van der Waals surface area (Å²) in [6.07, 6.45) is 3.20. The standard InChI is InChI=1S/C25H21FN2O4/c1-30-18-11-9-17(10-12-18)28-24(13-8-16-6-4-5-7-20(16)26)27-21-15-23(32-3)22(31-2)14-19(21)25(28)29/h4-15H,1-3H3. The van der Waals surface area contributed by atoms with Gasteiger partial charge in [0.2, 0.25) is 0 Å². The Morgan fingerprint density at radius 1 is 0.875 bits per heavy atom. The van der Waals surface area contributed by atoms with Gasteiger partial charge in [0.25, 0.3) is 5.56 Å². The van der Waals surface area contributed by atoms with Gasteiger partial charge >= 0.3 is 0 Å². The van der Waals surface area contributed by atoms with Gasteiger partial charge in [0.15, 0.2) is 11.5 Å². The van der Waals surface area contributed by atoms with E-state index in [1.165, 1.54) is 24.9 Å². The number of hydrogen-bond donors (Lipinski definition) is 0. The largest absolute Gasteiger partial charge is 0.497 e. The van der Waals surface area contributed by atoms with E-state index in [1.807, 2.05) is 0 Å². The predicted octanol–water partition coefficient (Wildman–Crippen LogP) is 4.72. The number of methoxy groups -OCH3 is 3. The van der Waals surface area contributed by atoms with E-state index in [9.17, 15) is 9.18 Å². The number of hydrogen-bond acceptors (Lipinski definition) is 5. The minimum Gasteiger partial charge on any atom is -0.497 e. The molecule has 4 aromatic rings. The maximum atomic E-state index is 14.1. The molecule has 0 spiro atoms. The molecule has 3 aromatic carbocycles. The molecule has 162 valence electrons. The van der Waals surface area contributed by atoms with Crippen LogP contribution < -0.4 is 19.8 Å². The van der Waals surface area contributed by atoms with Crippen LogP contribution in [0.15, 0.2) is 65.5 Å². The zero-order valence-electron chi connectivity index (χ0n) is 17.8. The van der Waals surface area contributed by atoms with Gasteiger partial charge in [0, 0.05) is 11.6 Å². The van der Waals surface area contributed by atoms with Crippen molar-refractivity contribution in [2.75, 3.05) is 21.3 Å². The second-order valence-corrected chi connectivity index (χ2v) is 6.89. The van der Waals surface area contributed by atoms with Crippen LogP contribution in [0.1, 0.15) is 11.4 Å². The van der Waals surface area contributed by atoms with E-state index < -0.39 is 0 Å². The Bertz CT molecular complexity index is 1360. The molecular formula is C25H21FN2O4. The summed E-state index contributed by atoms with van der Waals surface area (Å²) in [6.45, 7) is 0. The molecule has 4 rings (SSSR count). The lowest BCUT2D eigenvalue weighted by atomic mass is 10.1. The van der Waals surface area contributed by atoms with E-state index in [1.54, 1.807) is 73.9 Å². The Balaban J connectivity index is 1.98. The molecule has 32 heavy (non-hydrogen) atoms. The number of nitrogens with zero attached hydrogens (tertiary/aromatic N) is 2. The second-order valence-electron chi connectivity index (χ2n) is 6.89. The van der Waals surface area contributed by atoms with Gasteiger partial charge in [-0.2, -0.15) is 0 Å². The molecule has 0 unspecified atom stereocenters. The highest BCUT2D eigenvalue weighted by Crippen LogP contribution is 2.30. The summed E-state index contributed by atoms with van der Waals surface area (Å²) in [5, 5.41) is 0.363. The summed E-state index contributed by atoms with van der Waals surface area (Å²) in [4.78, 5) is 18.2. The predicted molar refractivity (Wildman–Crippen MR) is 122 cm³/mol. The molecule has 0 aliphatic carbocycles. The van der Waals surface area contributed by atoms with Crippen molar-refractivity contribution in [1.29, 1.82) is 0 Å². The average Bonchev–Trinajstić information content (AvgIpc) is 2.83. The Kier molecular flexibility index (Phi) is 5.89. The van der Waals surface area contributed by atoms with E-state index >= 15 is 0 Å². The Labute approximate surface area is 184 Å². The molecular weight excluding hydrogens is 411 g/mol. The first-order chi connectivity index (χ1) is 15.5. The monoisotopic (exact) mass is 432 g/mol. The van der Waals surface area contributed by atoms with Gasteiger partial charge < -0.3 is 14.2 Å². The van der Waals surface area contributed by atoms with Crippen molar-refractivity contribution in [2.24, 2.45) is 0 Å². The van der Waals surface area contributed by atoms with Gasteiger partial charge in [0.1, 0.15) is 17.4 Å². The van der Waals surface area contributed by atoms with Crippen LogP contribution in [-0.2, 0) is 0 Å². The molecule has 0 fully saturated rings. The molecule has 0 amide bonds. The zero-order chi connectivity index (χ0) is 22.7. The van der Waals surface area contributed by atoms with Gasteiger partial charge in [-0.05, 0) is 48.6 Å². The molecule has 1 aromatic heterocycles. The summed E-state index contributed by atoms with van der Waals surface area (Å²) in [5.41, 5.74) is 1.11. The number of rotatable bonds is 6. The molecule has 0 aliphatic rings. The third-order valence-corrected chi connectivity index (χ3v) is 5.05. The third-order valence-electron chi connectivity index (χ3n) is 5.05. The van der Waals surface area contributed by atoms with Crippen molar-refractivity contribution in [2.45, 2.75) is 0 Å². The first-order valence-corrected chi connectivity index (χ1v) is 9.81. The molecule has 0 saturated heterocycles. The number of halogens is 1. The van der Waals surface area contributed by atoms with Crippen LogP contribution in [0.25, 0.3) is 28.7 Å². The Morgan fingerprint density at radius 3 is 2.22 bits per heavy atom. The lowest BCUT2D eigenvalue weighted by Crippen LogP contribution is -2.22. The smallest absolute Gasteiger partial charge is 0.266 e. The van der Waals surface area contributed by atoms with E-state index in [-0.39, 0.29) is 11.4 Å². The SMILES string of the molecule is COc1ccc(-n2c(C=Cc3ccccc3F)nc3cc(OC)c(OC)cc3c2=O)cc1. The van der Waals surface area contributed by atoms with Crippen molar-refractivity contribution in [3.05, 3.63) is 88.2 Å².